The van der Waals surface area contributed by atoms with E-state index < -0.39 is 0 Å². The molecule has 0 saturated heterocycles. The van der Waals surface area contributed by atoms with E-state index in [-0.39, 0.29) is 5.91 Å². The number of rotatable bonds is 2. The molecule has 0 radical (unpaired) electrons. The SMILES string of the molecule is CC=CC(=O)Nc1ccc2c(c1)CNCC2. The van der Waals surface area contributed by atoms with Gasteiger partial charge in [0, 0.05) is 12.2 Å². The van der Waals surface area contributed by atoms with Crippen LogP contribution in [-0.2, 0) is 17.8 Å². The van der Waals surface area contributed by atoms with Gasteiger partial charge in [-0.25, -0.2) is 0 Å². The van der Waals surface area contributed by atoms with Gasteiger partial charge >= 0.3 is 0 Å². The van der Waals surface area contributed by atoms with E-state index >= 15 is 0 Å². The maximum Gasteiger partial charge on any atom is 0.248 e. The fraction of sp³-hybridized carbons (Fsp3) is 0.308. The Kier molecular flexibility index (Phi) is 3.37. The zero-order valence-electron chi connectivity index (χ0n) is 9.42. The number of fused-ring (bicyclic) bond motifs is 1. The maximum atomic E-state index is 11.4. The lowest BCUT2D eigenvalue weighted by atomic mass is 10.0. The van der Waals surface area contributed by atoms with Crippen molar-refractivity contribution in [3.05, 3.63) is 41.5 Å². The Balaban J connectivity index is 2.14. The maximum absolute atomic E-state index is 11.4. The van der Waals surface area contributed by atoms with E-state index in [9.17, 15) is 4.79 Å². The van der Waals surface area contributed by atoms with Crippen molar-refractivity contribution in [3.8, 4) is 0 Å². The van der Waals surface area contributed by atoms with Gasteiger partial charge in [0.2, 0.25) is 5.91 Å². The van der Waals surface area contributed by atoms with Crippen LogP contribution in [0.2, 0.25) is 0 Å². The molecule has 0 fully saturated rings. The van der Waals surface area contributed by atoms with Crippen molar-refractivity contribution in [2.75, 3.05) is 11.9 Å². The van der Waals surface area contributed by atoms with Crippen molar-refractivity contribution in [1.82, 2.24) is 5.32 Å². The fourth-order valence-electron chi connectivity index (χ4n) is 1.89. The molecule has 1 heterocycles. The average molecular weight is 216 g/mol. The quantitative estimate of drug-likeness (QED) is 0.741. The Morgan fingerprint density at radius 3 is 3.12 bits per heavy atom. The molecular weight excluding hydrogens is 200 g/mol. The van der Waals surface area contributed by atoms with E-state index in [4.69, 9.17) is 0 Å². The van der Waals surface area contributed by atoms with E-state index in [1.807, 2.05) is 19.1 Å². The van der Waals surface area contributed by atoms with Gasteiger partial charge in [-0.1, -0.05) is 12.1 Å². The van der Waals surface area contributed by atoms with E-state index in [2.05, 4.69) is 16.7 Å². The number of nitrogens with one attached hydrogen (secondary N) is 2. The number of amides is 1. The number of allylic oxidation sites excluding steroid dienone is 1. The zero-order valence-corrected chi connectivity index (χ0v) is 9.42. The molecule has 3 nitrogen and oxygen atoms in total. The summed E-state index contributed by atoms with van der Waals surface area (Å²) in [6, 6.07) is 6.11. The van der Waals surface area contributed by atoms with E-state index in [0.29, 0.717) is 0 Å². The molecule has 2 N–H and O–H groups in total. The first kappa shape index (κ1) is 10.9. The molecule has 0 aromatic heterocycles. The van der Waals surface area contributed by atoms with Crippen LogP contribution in [0.5, 0.6) is 0 Å². The zero-order chi connectivity index (χ0) is 11.4. The Labute approximate surface area is 95.6 Å². The summed E-state index contributed by atoms with van der Waals surface area (Å²) in [6.45, 7) is 3.76. The second-order valence-corrected chi connectivity index (χ2v) is 3.90. The highest BCUT2D eigenvalue weighted by molar-refractivity contribution is 5.99. The Morgan fingerprint density at radius 1 is 1.44 bits per heavy atom. The highest BCUT2D eigenvalue weighted by atomic mass is 16.1. The fourth-order valence-corrected chi connectivity index (χ4v) is 1.89. The predicted molar refractivity (Wildman–Crippen MR) is 65.3 cm³/mol. The summed E-state index contributed by atoms with van der Waals surface area (Å²) >= 11 is 0. The van der Waals surface area contributed by atoms with Gasteiger partial charge in [0.15, 0.2) is 0 Å². The predicted octanol–water partition coefficient (Wildman–Crippen LogP) is 1.85. The first-order valence-electron chi connectivity index (χ1n) is 5.56. The van der Waals surface area contributed by atoms with Gasteiger partial charge in [0.1, 0.15) is 0 Å². The molecule has 0 unspecified atom stereocenters. The summed E-state index contributed by atoms with van der Waals surface area (Å²) in [6.07, 6.45) is 4.32. The van der Waals surface area contributed by atoms with Crippen molar-refractivity contribution >= 4 is 11.6 Å². The first-order chi connectivity index (χ1) is 7.79. The number of hydrogen-bond acceptors (Lipinski definition) is 2. The third kappa shape index (κ3) is 2.49. The first-order valence-corrected chi connectivity index (χ1v) is 5.56. The molecule has 2 rings (SSSR count). The van der Waals surface area contributed by atoms with Crippen LogP contribution in [0.25, 0.3) is 0 Å². The molecular formula is C13H16N2O. The van der Waals surface area contributed by atoms with Gasteiger partial charge in [-0.2, -0.15) is 0 Å². The van der Waals surface area contributed by atoms with Crippen molar-refractivity contribution in [2.24, 2.45) is 0 Å². The Bertz CT molecular complexity index is 424. The summed E-state index contributed by atoms with van der Waals surface area (Å²) in [5.74, 6) is -0.0776. The topological polar surface area (TPSA) is 41.1 Å². The summed E-state index contributed by atoms with van der Waals surface area (Å²) in [4.78, 5) is 11.4. The van der Waals surface area contributed by atoms with E-state index in [1.54, 1.807) is 6.08 Å². The van der Waals surface area contributed by atoms with Crippen LogP contribution in [0.3, 0.4) is 0 Å². The lowest BCUT2D eigenvalue weighted by molar-refractivity contribution is -0.111. The number of carbonyl (C=O) groups is 1. The van der Waals surface area contributed by atoms with Crippen LogP contribution in [0, 0.1) is 0 Å². The molecule has 1 aromatic carbocycles. The minimum Gasteiger partial charge on any atom is -0.323 e. The van der Waals surface area contributed by atoms with Gasteiger partial charge < -0.3 is 10.6 Å². The largest absolute Gasteiger partial charge is 0.323 e. The minimum atomic E-state index is -0.0776. The normalized spacial score (nSPS) is 14.8. The highest BCUT2D eigenvalue weighted by Crippen LogP contribution is 2.18. The van der Waals surface area contributed by atoms with Crippen LogP contribution in [0.4, 0.5) is 5.69 Å². The molecule has 3 heteroatoms. The second kappa shape index (κ2) is 4.94. The average Bonchev–Trinajstić information content (AvgIpc) is 2.29. The van der Waals surface area contributed by atoms with Crippen LogP contribution in [-0.4, -0.2) is 12.5 Å². The molecule has 0 atom stereocenters. The standard InChI is InChI=1S/C13H16N2O/c1-2-3-13(16)15-12-5-4-10-6-7-14-9-11(10)8-12/h2-5,8,14H,6-7,9H2,1H3,(H,15,16). The Hall–Kier alpha value is -1.61. The van der Waals surface area contributed by atoms with Gasteiger partial charge in [0.25, 0.3) is 0 Å². The number of benzene rings is 1. The minimum absolute atomic E-state index is 0.0776. The summed E-state index contributed by atoms with van der Waals surface area (Å²) < 4.78 is 0. The third-order valence-corrected chi connectivity index (χ3v) is 2.68. The van der Waals surface area contributed by atoms with Crippen LogP contribution in [0.15, 0.2) is 30.4 Å². The van der Waals surface area contributed by atoms with Gasteiger partial charge in [-0.15, -0.1) is 0 Å². The third-order valence-electron chi connectivity index (χ3n) is 2.68. The van der Waals surface area contributed by atoms with E-state index in [1.165, 1.54) is 17.2 Å². The molecule has 0 saturated carbocycles. The molecule has 1 aromatic rings. The van der Waals surface area contributed by atoms with Crippen LogP contribution < -0.4 is 10.6 Å². The lowest BCUT2D eigenvalue weighted by Crippen LogP contribution is -2.23. The second-order valence-electron chi connectivity index (χ2n) is 3.90. The van der Waals surface area contributed by atoms with Gasteiger partial charge in [-0.05, 0) is 49.2 Å². The van der Waals surface area contributed by atoms with Gasteiger partial charge in [-0.3, -0.25) is 4.79 Å². The molecule has 1 amide bonds. The Morgan fingerprint density at radius 2 is 2.31 bits per heavy atom. The van der Waals surface area contributed by atoms with Gasteiger partial charge in [0.05, 0.1) is 0 Å². The molecule has 84 valence electrons. The van der Waals surface area contributed by atoms with Crippen molar-refractivity contribution in [2.45, 2.75) is 19.9 Å². The molecule has 16 heavy (non-hydrogen) atoms. The highest BCUT2D eigenvalue weighted by Gasteiger charge is 2.09. The monoisotopic (exact) mass is 216 g/mol. The number of anilines is 1. The molecule has 1 aliphatic heterocycles. The van der Waals surface area contributed by atoms with E-state index in [0.717, 1.165) is 25.2 Å². The number of carbonyl (C=O) groups excluding carboxylic acids is 1. The summed E-state index contributed by atoms with van der Waals surface area (Å²) in [5.41, 5.74) is 3.53. The summed E-state index contributed by atoms with van der Waals surface area (Å²) in [7, 11) is 0. The molecule has 0 aliphatic carbocycles. The summed E-state index contributed by atoms with van der Waals surface area (Å²) in [5, 5.41) is 6.16. The molecule has 1 aliphatic rings. The molecule has 0 bridgehead atoms. The van der Waals surface area contributed by atoms with Crippen LogP contribution >= 0.6 is 0 Å². The van der Waals surface area contributed by atoms with Crippen molar-refractivity contribution in [3.63, 3.8) is 0 Å². The smallest absolute Gasteiger partial charge is 0.248 e. The van der Waals surface area contributed by atoms with Crippen molar-refractivity contribution in [1.29, 1.82) is 0 Å². The number of hydrogen-bond donors (Lipinski definition) is 2. The van der Waals surface area contributed by atoms with Crippen molar-refractivity contribution < 1.29 is 4.79 Å². The lowest BCUT2D eigenvalue weighted by Gasteiger charge is -2.17. The molecule has 0 spiro atoms. The van der Waals surface area contributed by atoms with Crippen LogP contribution in [0.1, 0.15) is 18.1 Å².